The standard InChI is InChI=1S/C20H32N4O2/c1-24(2)18(25)15-22-19(21-14-17-8-5-4-6-9-17)23-16-20(10-7-11-20)12-13-26-3/h4-6,8-9H,7,10-16H2,1-3H3,(H2,21,22,23). The van der Waals surface area contributed by atoms with Gasteiger partial charge in [-0.3, -0.25) is 4.79 Å². The molecule has 1 saturated carbocycles. The third-order valence-electron chi connectivity index (χ3n) is 5.05. The Morgan fingerprint density at radius 1 is 1.23 bits per heavy atom. The second-order valence-electron chi connectivity index (χ2n) is 7.24. The maximum absolute atomic E-state index is 11.9. The Labute approximate surface area is 157 Å². The molecule has 0 heterocycles. The number of carbonyl (C=O) groups is 1. The van der Waals surface area contributed by atoms with Crippen molar-refractivity contribution < 1.29 is 9.53 Å². The number of methoxy groups -OCH3 is 1. The van der Waals surface area contributed by atoms with Crippen LogP contribution in [0.1, 0.15) is 31.2 Å². The van der Waals surface area contributed by atoms with Crippen LogP contribution in [0.25, 0.3) is 0 Å². The van der Waals surface area contributed by atoms with Gasteiger partial charge >= 0.3 is 0 Å². The fraction of sp³-hybridized carbons (Fsp3) is 0.600. The molecule has 1 aromatic rings. The summed E-state index contributed by atoms with van der Waals surface area (Å²) in [6.45, 7) is 2.45. The minimum atomic E-state index is 0.0250. The maximum atomic E-state index is 11.9. The van der Waals surface area contributed by atoms with Gasteiger partial charge in [0.25, 0.3) is 0 Å². The van der Waals surface area contributed by atoms with E-state index in [0.29, 0.717) is 12.5 Å². The Kier molecular flexibility index (Phi) is 7.91. The molecule has 0 aliphatic heterocycles. The van der Waals surface area contributed by atoms with Gasteiger partial charge in [0.05, 0.1) is 13.1 Å². The van der Waals surface area contributed by atoms with E-state index in [1.807, 2.05) is 18.2 Å². The van der Waals surface area contributed by atoms with Crippen LogP contribution in [0.4, 0.5) is 0 Å². The summed E-state index contributed by atoms with van der Waals surface area (Å²) in [5, 5.41) is 6.61. The lowest BCUT2D eigenvalue weighted by atomic mass is 9.67. The number of aliphatic imine (C=N–C) groups is 1. The van der Waals surface area contributed by atoms with E-state index in [4.69, 9.17) is 4.74 Å². The largest absolute Gasteiger partial charge is 0.385 e. The van der Waals surface area contributed by atoms with Crippen molar-refractivity contribution >= 4 is 11.9 Å². The van der Waals surface area contributed by atoms with Crippen molar-refractivity contribution in [2.24, 2.45) is 10.4 Å². The van der Waals surface area contributed by atoms with Crippen LogP contribution in [0.5, 0.6) is 0 Å². The summed E-state index contributed by atoms with van der Waals surface area (Å²) < 4.78 is 5.27. The minimum absolute atomic E-state index is 0.0250. The average molecular weight is 361 g/mol. The zero-order chi connectivity index (χ0) is 18.8. The van der Waals surface area contributed by atoms with Crippen molar-refractivity contribution in [2.75, 3.05) is 40.9 Å². The molecule has 0 aromatic heterocycles. The molecular formula is C20H32N4O2. The number of amides is 1. The van der Waals surface area contributed by atoms with Gasteiger partial charge in [0.15, 0.2) is 5.96 Å². The van der Waals surface area contributed by atoms with Gasteiger partial charge in [0.1, 0.15) is 0 Å². The van der Waals surface area contributed by atoms with Crippen LogP contribution < -0.4 is 10.6 Å². The van der Waals surface area contributed by atoms with E-state index in [1.165, 1.54) is 19.3 Å². The number of hydrogen-bond acceptors (Lipinski definition) is 3. The number of nitrogens with zero attached hydrogens (tertiary/aromatic N) is 2. The van der Waals surface area contributed by atoms with Crippen LogP contribution in [-0.2, 0) is 16.1 Å². The third-order valence-corrected chi connectivity index (χ3v) is 5.05. The maximum Gasteiger partial charge on any atom is 0.241 e. The number of rotatable bonds is 9. The Morgan fingerprint density at radius 2 is 1.96 bits per heavy atom. The molecule has 6 heteroatoms. The Balaban J connectivity index is 1.96. The highest BCUT2D eigenvalue weighted by molar-refractivity contribution is 5.86. The Bertz CT molecular complexity index is 583. The van der Waals surface area contributed by atoms with Crippen LogP contribution in [0.2, 0.25) is 0 Å². The summed E-state index contributed by atoms with van der Waals surface area (Å²) in [5.41, 5.74) is 1.43. The van der Waals surface area contributed by atoms with Crippen LogP contribution in [0.15, 0.2) is 35.3 Å². The van der Waals surface area contributed by atoms with Crippen molar-refractivity contribution in [2.45, 2.75) is 32.2 Å². The zero-order valence-electron chi connectivity index (χ0n) is 16.3. The van der Waals surface area contributed by atoms with Crippen molar-refractivity contribution in [3.8, 4) is 0 Å². The molecule has 26 heavy (non-hydrogen) atoms. The van der Waals surface area contributed by atoms with Crippen LogP contribution in [0, 0.1) is 5.41 Å². The van der Waals surface area contributed by atoms with Crippen LogP contribution >= 0.6 is 0 Å². The second-order valence-corrected chi connectivity index (χ2v) is 7.24. The second kappa shape index (κ2) is 10.2. The molecule has 2 rings (SSSR count). The van der Waals surface area contributed by atoms with Gasteiger partial charge in [-0.25, -0.2) is 4.99 Å². The van der Waals surface area contributed by atoms with Gasteiger partial charge < -0.3 is 20.3 Å². The number of benzene rings is 1. The highest BCUT2D eigenvalue weighted by Crippen LogP contribution is 2.43. The molecule has 0 saturated heterocycles. The highest BCUT2D eigenvalue weighted by atomic mass is 16.5. The number of carbonyl (C=O) groups excluding carboxylic acids is 1. The van der Waals surface area contributed by atoms with Crippen molar-refractivity contribution in [3.63, 3.8) is 0 Å². The van der Waals surface area contributed by atoms with E-state index in [-0.39, 0.29) is 17.9 Å². The zero-order valence-corrected chi connectivity index (χ0v) is 16.3. The summed E-state index contributed by atoms with van der Waals surface area (Å²) in [5.74, 6) is 0.713. The van der Waals surface area contributed by atoms with E-state index in [1.54, 1.807) is 26.1 Å². The quantitative estimate of drug-likeness (QED) is 0.522. The summed E-state index contributed by atoms with van der Waals surface area (Å²) in [6, 6.07) is 10.1. The molecule has 1 aromatic carbocycles. The van der Waals surface area contributed by atoms with Gasteiger partial charge in [-0.05, 0) is 30.2 Å². The van der Waals surface area contributed by atoms with E-state index in [2.05, 4.69) is 27.8 Å². The normalized spacial score (nSPS) is 15.9. The molecule has 1 aliphatic rings. The van der Waals surface area contributed by atoms with Crippen LogP contribution in [0.3, 0.4) is 0 Å². The van der Waals surface area contributed by atoms with Gasteiger partial charge in [-0.15, -0.1) is 0 Å². The summed E-state index contributed by atoms with van der Waals surface area (Å²) in [7, 11) is 5.26. The fourth-order valence-electron chi connectivity index (χ4n) is 3.03. The van der Waals surface area contributed by atoms with Gasteiger partial charge in [-0.2, -0.15) is 0 Å². The smallest absolute Gasteiger partial charge is 0.241 e. The van der Waals surface area contributed by atoms with E-state index in [0.717, 1.165) is 25.1 Å². The molecule has 6 nitrogen and oxygen atoms in total. The van der Waals surface area contributed by atoms with Gasteiger partial charge in [0, 0.05) is 34.4 Å². The number of ether oxygens (including phenoxy) is 1. The topological polar surface area (TPSA) is 66.0 Å². The number of hydrogen-bond donors (Lipinski definition) is 2. The third kappa shape index (κ3) is 6.33. The summed E-state index contributed by atoms with van der Waals surface area (Å²) in [4.78, 5) is 18.1. The lowest BCUT2D eigenvalue weighted by Gasteiger charge is -2.42. The number of nitrogens with one attached hydrogen (secondary N) is 2. The molecule has 2 N–H and O–H groups in total. The highest BCUT2D eigenvalue weighted by Gasteiger charge is 2.36. The molecule has 0 unspecified atom stereocenters. The van der Waals surface area contributed by atoms with Gasteiger partial charge in [-0.1, -0.05) is 36.8 Å². The first-order valence-corrected chi connectivity index (χ1v) is 9.30. The predicted molar refractivity (Wildman–Crippen MR) is 105 cm³/mol. The van der Waals surface area contributed by atoms with Crippen LogP contribution in [-0.4, -0.2) is 57.7 Å². The molecule has 0 spiro atoms. The molecule has 0 bridgehead atoms. The lowest BCUT2D eigenvalue weighted by molar-refractivity contribution is -0.127. The number of guanidine groups is 1. The first-order chi connectivity index (χ1) is 12.5. The molecule has 1 aliphatic carbocycles. The van der Waals surface area contributed by atoms with Gasteiger partial charge in [0.2, 0.25) is 5.91 Å². The molecule has 1 fully saturated rings. The molecule has 1 amide bonds. The number of likely N-dealkylation sites (N-methyl/N-ethyl adjacent to an activating group) is 1. The van der Waals surface area contributed by atoms with E-state index >= 15 is 0 Å². The first kappa shape index (κ1) is 20.2. The monoisotopic (exact) mass is 360 g/mol. The van der Waals surface area contributed by atoms with E-state index in [9.17, 15) is 4.79 Å². The lowest BCUT2D eigenvalue weighted by Crippen LogP contribution is -2.48. The average Bonchev–Trinajstić information content (AvgIpc) is 2.62. The summed E-state index contributed by atoms with van der Waals surface area (Å²) >= 11 is 0. The minimum Gasteiger partial charge on any atom is -0.385 e. The van der Waals surface area contributed by atoms with Crippen molar-refractivity contribution in [3.05, 3.63) is 35.9 Å². The molecule has 144 valence electrons. The van der Waals surface area contributed by atoms with Crippen molar-refractivity contribution in [1.82, 2.24) is 15.5 Å². The fourth-order valence-corrected chi connectivity index (χ4v) is 3.03. The van der Waals surface area contributed by atoms with Crippen molar-refractivity contribution in [1.29, 1.82) is 0 Å². The Hall–Kier alpha value is -2.08. The SMILES string of the molecule is COCCC1(CNC(=NCc2ccccc2)NCC(=O)N(C)C)CCC1. The van der Waals surface area contributed by atoms with E-state index < -0.39 is 0 Å². The summed E-state index contributed by atoms with van der Waals surface area (Å²) in [6.07, 6.45) is 4.76. The molecule has 0 radical (unpaired) electrons. The molecule has 0 atom stereocenters. The predicted octanol–water partition coefficient (Wildman–Crippen LogP) is 2.02. The first-order valence-electron chi connectivity index (χ1n) is 9.30. The Morgan fingerprint density at radius 3 is 2.54 bits per heavy atom. The molecular weight excluding hydrogens is 328 g/mol.